The number of halogens is 1. The highest BCUT2D eigenvalue weighted by molar-refractivity contribution is 6.35. The highest BCUT2D eigenvalue weighted by Gasteiger charge is 2.29. The first-order chi connectivity index (χ1) is 9.13. The highest BCUT2D eigenvalue weighted by atomic mass is 35.5. The van der Waals surface area contributed by atoms with Crippen molar-refractivity contribution in [2.75, 3.05) is 0 Å². The van der Waals surface area contributed by atoms with Gasteiger partial charge in [0.1, 0.15) is 0 Å². The standard InChI is InChI=1S/C15H14ClNO2/c1-2-8-6-7-10-12(15(18)19)9-4-3-5-11(16)14(9)17-13(8)10/h3-5,8H,2,6-7H2,1H3,(H,18,19). The minimum Gasteiger partial charge on any atom is -0.478 e. The molecule has 0 saturated carbocycles. The van der Waals surface area contributed by atoms with Crippen molar-refractivity contribution in [1.82, 2.24) is 4.98 Å². The van der Waals surface area contributed by atoms with Crippen LogP contribution >= 0.6 is 11.6 Å². The molecule has 3 rings (SSSR count). The average Bonchev–Trinajstić information content (AvgIpc) is 2.79. The van der Waals surface area contributed by atoms with E-state index in [0.717, 1.165) is 30.5 Å². The van der Waals surface area contributed by atoms with Crippen molar-refractivity contribution in [3.05, 3.63) is 40.0 Å². The minimum absolute atomic E-state index is 0.355. The molecule has 1 aromatic carbocycles. The van der Waals surface area contributed by atoms with Crippen LogP contribution in [-0.2, 0) is 6.42 Å². The Bertz CT molecular complexity index is 681. The maximum Gasteiger partial charge on any atom is 0.336 e. The molecule has 19 heavy (non-hydrogen) atoms. The quantitative estimate of drug-likeness (QED) is 0.900. The lowest BCUT2D eigenvalue weighted by Crippen LogP contribution is -2.06. The largest absolute Gasteiger partial charge is 0.478 e. The van der Waals surface area contributed by atoms with Crippen molar-refractivity contribution in [2.24, 2.45) is 0 Å². The molecule has 1 N–H and O–H groups in total. The first kappa shape index (κ1) is 12.4. The van der Waals surface area contributed by atoms with Gasteiger partial charge in [-0.25, -0.2) is 4.79 Å². The van der Waals surface area contributed by atoms with Gasteiger partial charge in [0.15, 0.2) is 0 Å². The number of hydrogen-bond acceptors (Lipinski definition) is 2. The predicted molar refractivity (Wildman–Crippen MR) is 75.1 cm³/mol. The Hall–Kier alpha value is -1.61. The Labute approximate surface area is 116 Å². The fourth-order valence-electron chi connectivity index (χ4n) is 3.00. The number of hydrogen-bond donors (Lipinski definition) is 1. The Balaban J connectivity index is 2.42. The molecule has 0 amide bonds. The molecule has 1 heterocycles. The van der Waals surface area contributed by atoms with Crippen molar-refractivity contribution in [2.45, 2.75) is 32.1 Å². The monoisotopic (exact) mass is 275 g/mol. The first-order valence-corrected chi connectivity index (χ1v) is 6.85. The summed E-state index contributed by atoms with van der Waals surface area (Å²) in [5.41, 5.74) is 2.83. The van der Waals surface area contributed by atoms with E-state index in [-0.39, 0.29) is 0 Å². The third kappa shape index (κ3) is 1.80. The fraction of sp³-hybridized carbons (Fsp3) is 0.333. The van der Waals surface area contributed by atoms with Crippen LogP contribution in [0.4, 0.5) is 0 Å². The fourth-order valence-corrected chi connectivity index (χ4v) is 3.21. The summed E-state index contributed by atoms with van der Waals surface area (Å²) in [6.45, 7) is 2.11. The molecule has 0 fully saturated rings. The number of aromatic nitrogens is 1. The van der Waals surface area contributed by atoms with Crippen LogP contribution in [0.3, 0.4) is 0 Å². The van der Waals surface area contributed by atoms with E-state index in [2.05, 4.69) is 11.9 Å². The number of rotatable bonds is 2. The van der Waals surface area contributed by atoms with Crippen molar-refractivity contribution in [3.63, 3.8) is 0 Å². The molecule has 2 aromatic rings. The summed E-state index contributed by atoms with van der Waals surface area (Å²) in [5.74, 6) is -0.531. The lowest BCUT2D eigenvalue weighted by molar-refractivity contribution is 0.0698. The van der Waals surface area contributed by atoms with Gasteiger partial charge in [-0.3, -0.25) is 4.98 Å². The van der Waals surface area contributed by atoms with E-state index in [4.69, 9.17) is 11.6 Å². The number of fused-ring (bicyclic) bond motifs is 2. The second-order valence-electron chi connectivity index (χ2n) is 4.94. The van der Waals surface area contributed by atoms with E-state index in [1.165, 1.54) is 0 Å². The lowest BCUT2D eigenvalue weighted by Gasteiger charge is -2.12. The van der Waals surface area contributed by atoms with Crippen molar-refractivity contribution < 1.29 is 9.90 Å². The summed E-state index contributed by atoms with van der Waals surface area (Å²) < 4.78 is 0. The van der Waals surface area contributed by atoms with Gasteiger partial charge in [0.05, 0.1) is 16.1 Å². The van der Waals surface area contributed by atoms with E-state index in [0.29, 0.717) is 27.4 Å². The SMILES string of the molecule is CCC1CCc2c1nc1c(Cl)cccc1c2C(=O)O. The van der Waals surface area contributed by atoms with Gasteiger partial charge >= 0.3 is 5.97 Å². The van der Waals surface area contributed by atoms with Crippen LogP contribution in [0.5, 0.6) is 0 Å². The van der Waals surface area contributed by atoms with Gasteiger partial charge in [-0.05, 0) is 30.9 Å². The van der Waals surface area contributed by atoms with E-state index < -0.39 is 5.97 Å². The summed E-state index contributed by atoms with van der Waals surface area (Å²) in [4.78, 5) is 16.3. The molecular weight excluding hydrogens is 262 g/mol. The van der Waals surface area contributed by atoms with E-state index in [9.17, 15) is 9.90 Å². The van der Waals surface area contributed by atoms with Crippen molar-refractivity contribution in [1.29, 1.82) is 0 Å². The van der Waals surface area contributed by atoms with Gasteiger partial charge in [0.2, 0.25) is 0 Å². The van der Waals surface area contributed by atoms with Crippen LogP contribution in [0.25, 0.3) is 10.9 Å². The van der Waals surface area contributed by atoms with Crippen LogP contribution in [0.1, 0.15) is 47.3 Å². The molecule has 0 radical (unpaired) electrons. The Morgan fingerprint density at radius 2 is 2.32 bits per heavy atom. The molecule has 3 nitrogen and oxygen atoms in total. The van der Waals surface area contributed by atoms with Gasteiger partial charge in [-0.1, -0.05) is 30.7 Å². The summed E-state index contributed by atoms with van der Waals surface area (Å²) in [6, 6.07) is 5.32. The maximum atomic E-state index is 11.6. The summed E-state index contributed by atoms with van der Waals surface area (Å²) >= 11 is 6.17. The maximum absolute atomic E-state index is 11.6. The zero-order valence-corrected chi connectivity index (χ0v) is 11.4. The second kappa shape index (κ2) is 4.49. The molecule has 0 bridgehead atoms. The number of para-hydroxylation sites is 1. The molecule has 4 heteroatoms. The molecule has 0 aliphatic heterocycles. The summed E-state index contributed by atoms with van der Waals surface area (Å²) in [5, 5.41) is 10.7. The van der Waals surface area contributed by atoms with E-state index >= 15 is 0 Å². The molecular formula is C15H14ClNO2. The van der Waals surface area contributed by atoms with Crippen LogP contribution in [0.15, 0.2) is 18.2 Å². The highest BCUT2D eigenvalue weighted by Crippen LogP contribution is 2.39. The number of benzene rings is 1. The smallest absolute Gasteiger partial charge is 0.336 e. The molecule has 0 spiro atoms. The van der Waals surface area contributed by atoms with Gasteiger partial charge < -0.3 is 5.11 Å². The zero-order chi connectivity index (χ0) is 13.6. The number of aromatic carboxylic acids is 1. The number of pyridine rings is 1. The Morgan fingerprint density at radius 3 is 3.00 bits per heavy atom. The number of carboxylic acid groups (broad SMARTS) is 1. The Kier molecular flexibility index (Phi) is 2.94. The van der Waals surface area contributed by atoms with Gasteiger partial charge in [-0.15, -0.1) is 0 Å². The third-order valence-electron chi connectivity index (χ3n) is 3.94. The van der Waals surface area contributed by atoms with Crippen LogP contribution in [0.2, 0.25) is 5.02 Å². The molecule has 1 unspecified atom stereocenters. The first-order valence-electron chi connectivity index (χ1n) is 6.47. The molecule has 1 aromatic heterocycles. The van der Waals surface area contributed by atoms with Crippen molar-refractivity contribution >= 4 is 28.5 Å². The average molecular weight is 276 g/mol. The lowest BCUT2D eigenvalue weighted by atomic mass is 9.99. The summed E-state index contributed by atoms with van der Waals surface area (Å²) in [6.07, 6.45) is 2.76. The zero-order valence-electron chi connectivity index (χ0n) is 10.6. The molecule has 0 saturated heterocycles. The second-order valence-corrected chi connectivity index (χ2v) is 5.34. The topological polar surface area (TPSA) is 50.2 Å². The predicted octanol–water partition coefficient (Wildman–Crippen LogP) is 4.03. The number of carboxylic acids is 1. The molecule has 1 atom stereocenters. The van der Waals surface area contributed by atoms with Crippen molar-refractivity contribution in [3.8, 4) is 0 Å². The Morgan fingerprint density at radius 1 is 1.53 bits per heavy atom. The van der Waals surface area contributed by atoms with Gasteiger partial charge in [0.25, 0.3) is 0 Å². The minimum atomic E-state index is -0.886. The molecule has 1 aliphatic carbocycles. The van der Waals surface area contributed by atoms with E-state index in [1.807, 2.05) is 0 Å². The van der Waals surface area contributed by atoms with Crippen LogP contribution in [-0.4, -0.2) is 16.1 Å². The van der Waals surface area contributed by atoms with Gasteiger partial charge in [-0.2, -0.15) is 0 Å². The van der Waals surface area contributed by atoms with Gasteiger partial charge in [0, 0.05) is 17.0 Å². The summed E-state index contributed by atoms with van der Waals surface area (Å²) in [7, 11) is 0. The van der Waals surface area contributed by atoms with E-state index in [1.54, 1.807) is 18.2 Å². The molecule has 98 valence electrons. The van der Waals surface area contributed by atoms with Crippen LogP contribution < -0.4 is 0 Å². The number of carbonyl (C=O) groups is 1. The van der Waals surface area contributed by atoms with Crippen LogP contribution in [0, 0.1) is 0 Å². The normalized spacial score (nSPS) is 17.7. The number of nitrogens with zero attached hydrogens (tertiary/aromatic N) is 1. The molecule has 1 aliphatic rings. The third-order valence-corrected chi connectivity index (χ3v) is 4.24.